The zero-order chi connectivity index (χ0) is 13.5. The molecule has 0 bridgehead atoms. The van der Waals surface area contributed by atoms with Crippen LogP contribution in [0.5, 0.6) is 0 Å². The van der Waals surface area contributed by atoms with E-state index in [-0.39, 0.29) is 18.8 Å². The van der Waals surface area contributed by atoms with Crippen molar-refractivity contribution in [1.29, 1.82) is 0 Å². The Morgan fingerprint density at radius 2 is 2.06 bits per heavy atom. The molecule has 0 heterocycles. The number of aryl methyl sites for hydroxylation is 1. The third kappa shape index (κ3) is 4.87. The summed E-state index contributed by atoms with van der Waals surface area (Å²) in [5, 5.41) is 8.70. The Morgan fingerprint density at radius 1 is 1.33 bits per heavy atom. The highest BCUT2D eigenvalue weighted by atomic mass is 79.9. The van der Waals surface area contributed by atoms with Gasteiger partial charge in [0.05, 0.1) is 13.0 Å². The van der Waals surface area contributed by atoms with Crippen molar-refractivity contribution in [3.8, 4) is 0 Å². The molecule has 98 valence electrons. The molecule has 1 N–H and O–H groups in total. The van der Waals surface area contributed by atoms with Crippen molar-refractivity contribution < 1.29 is 19.4 Å². The topological polar surface area (TPSA) is 63.6 Å². The van der Waals surface area contributed by atoms with Crippen LogP contribution in [0.1, 0.15) is 24.5 Å². The third-order valence-electron chi connectivity index (χ3n) is 2.42. The molecule has 0 fully saturated rings. The SMILES string of the molecule is CCOC(=O)Cc1ccc(Br)cc1CCC(=O)O. The van der Waals surface area contributed by atoms with Gasteiger partial charge in [-0.15, -0.1) is 0 Å². The minimum absolute atomic E-state index is 0.0479. The van der Waals surface area contributed by atoms with Crippen molar-refractivity contribution in [1.82, 2.24) is 0 Å². The lowest BCUT2D eigenvalue weighted by atomic mass is 10.0. The summed E-state index contributed by atoms with van der Waals surface area (Å²) in [4.78, 5) is 22.0. The van der Waals surface area contributed by atoms with E-state index >= 15 is 0 Å². The lowest BCUT2D eigenvalue weighted by Crippen LogP contribution is -2.10. The number of carboxylic acid groups (broad SMARTS) is 1. The van der Waals surface area contributed by atoms with Gasteiger partial charge in [-0.25, -0.2) is 0 Å². The lowest BCUT2D eigenvalue weighted by Gasteiger charge is -2.09. The first-order valence-corrected chi connectivity index (χ1v) is 6.47. The molecule has 0 atom stereocenters. The van der Waals surface area contributed by atoms with Crippen LogP contribution in [0.3, 0.4) is 0 Å². The highest BCUT2D eigenvalue weighted by molar-refractivity contribution is 9.10. The molecule has 0 radical (unpaired) electrons. The number of carboxylic acids is 1. The Bertz CT molecular complexity index is 443. The normalized spacial score (nSPS) is 10.1. The summed E-state index contributed by atoms with van der Waals surface area (Å²) in [5.74, 6) is -1.14. The fraction of sp³-hybridized carbons (Fsp3) is 0.385. The first-order valence-electron chi connectivity index (χ1n) is 5.67. The number of hydrogen-bond acceptors (Lipinski definition) is 3. The van der Waals surface area contributed by atoms with Gasteiger partial charge in [0.2, 0.25) is 0 Å². The van der Waals surface area contributed by atoms with Crippen LogP contribution in [0.25, 0.3) is 0 Å². The molecule has 0 amide bonds. The van der Waals surface area contributed by atoms with Gasteiger partial charge >= 0.3 is 11.9 Å². The molecular formula is C13H15BrO4. The standard InChI is InChI=1S/C13H15BrO4/c1-2-18-13(17)8-10-3-5-11(14)7-9(10)4-6-12(15)16/h3,5,7H,2,4,6,8H2,1H3,(H,15,16). The summed E-state index contributed by atoms with van der Waals surface area (Å²) in [6.07, 6.45) is 0.631. The monoisotopic (exact) mass is 314 g/mol. The molecule has 4 nitrogen and oxygen atoms in total. The van der Waals surface area contributed by atoms with Crippen LogP contribution in [-0.4, -0.2) is 23.7 Å². The molecule has 0 saturated carbocycles. The molecule has 18 heavy (non-hydrogen) atoms. The van der Waals surface area contributed by atoms with Crippen molar-refractivity contribution in [2.45, 2.75) is 26.2 Å². The Balaban J connectivity index is 2.82. The number of hydrogen-bond donors (Lipinski definition) is 1. The van der Waals surface area contributed by atoms with Crippen molar-refractivity contribution in [3.63, 3.8) is 0 Å². The van der Waals surface area contributed by atoms with Gasteiger partial charge in [0.25, 0.3) is 0 Å². The van der Waals surface area contributed by atoms with Gasteiger partial charge < -0.3 is 9.84 Å². The number of carbonyl (C=O) groups excluding carboxylic acids is 1. The van der Waals surface area contributed by atoms with Gasteiger partial charge in [-0.2, -0.15) is 0 Å². The van der Waals surface area contributed by atoms with Crippen LogP contribution in [-0.2, 0) is 27.2 Å². The zero-order valence-corrected chi connectivity index (χ0v) is 11.7. The highest BCUT2D eigenvalue weighted by Gasteiger charge is 2.10. The van der Waals surface area contributed by atoms with E-state index in [0.29, 0.717) is 13.0 Å². The van der Waals surface area contributed by atoms with Crippen LogP contribution >= 0.6 is 15.9 Å². The van der Waals surface area contributed by atoms with E-state index in [2.05, 4.69) is 15.9 Å². The van der Waals surface area contributed by atoms with E-state index in [1.54, 1.807) is 6.92 Å². The maximum atomic E-state index is 11.4. The molecule has 0 aromatic heterocycles. The molecule has 0 aliphatic rings. The van der Waals surface area contributed by atoms with E-state index in [1.165, 1.54) is 0 Å². The third-order valence-corrected chi connectivity index (χ3v) is 2.91. The predicted octanol–water partition coefficient (Wildman–Crippen LogP) is 2.57. The lowest BCUT2D eigenvalue weighted by molar-refractivity contribution is -0.142. The number of aliphatic carboxylic acids is 1. The van der Waals surface area contributed by atoms with Crippen LogP contribution in [0.2, 0.25) is 0 Å². The van der Waals surface area contributed by atoms with Crippen LogP contribution < -0.4 is 0 Å². The molecule has 0 saturated heterocycles. The second kappa shape index (κ2) is 7.16. The van der Waals surface area contributed by atoms with Crippen LogP contribution in [0.4, 0.5) is 0 Å². The maximum absolute atomic E-state index is 11.4. The van der Waals surface area contributed by atoms with Crippen molar-refractivity contribution in [3.05, 3.63) is 33.8 Å². The number of esters is 1. The maximum Gasteiger partial charge on any atom is 0.310 e. The molecule has 0 unspecified atom stereocenters. The Labute approximate surface area is 114 Å². The van der Waals surface area contributed by atoms with E-state index in [9.17, 15) is 9.59 Å². The minimum atomic E-state index is -0.850. The smallest absolute Gasteiger partial charge is 0.310 e. The Kier molecular flexibility index (Phi) is 5.85. The Morgan fingerprint density at radius 3 is 2.67 bits per heavy atom. The second-order valence-electron chi connectivity index (χ2n) is 3.79. The number of rotatable bonds is 6. The van der Waals surface area contributed by atoms with Crippen molar-refractivity contribution in [2.24, 2.45) is 0 Å². The first kappa shape index (κ1) is 14.7. The van der Waals surface area contributed by atoms with Crippen LogP contribution in [0.15, 0.2) is 22.7 Å². The average Bonchev–Trinajstić information content (AvgIpc) is 2.29. The van der Waals surface area contributed by atoms with Crippen LogP contribution in [0, 0.1) is 0 Å². The summed E-state index contributed by atoms with van der Waals surface area (Å²) in [7, 11) is 0. The summed E-state index contributed by atoms with van der Waals surface area (Å²) < 4.78 is 5.76. The van der Waals surface area contributed by atoms with Crippen molar-refractivity contribution in [2.75, 3.05) is 6.61 Å². The van der Waals surface area contributed by atoms with E-state index in [4.69, 9.17) is 9.84 Å². The highest BCUT2D eigenvalue weighted by Crippen LogP contribution is 2.19. The fourth-order valence-electron chi connectivity index (χ4n) is 1.61. The zero-order valence-electron chi connectivity index (χ0n) is 10.1. The van der Waals surface area contributed by atoms with E-state index in [1.807, 2.05) is 18.2 Å². The molecule has 0 spiro atoms. The van der Waals surface area contributed by atoms with Gasteiger partial charge in [-0.3, -0.25) is 9.59 Å². The van der Waals surface area contributed by atoms with Gasteiger partial charge in [-0.1, -0.05) is 22.0 Å². The Hall–Kier alpha value is -1.36. The van der Waals surface area contributed by atoms with Gasteiger partial charge in [0.1, 0.15) is 0 Å². The molecule has 1 rings (SSSR count). The molecule has 0 aliphatic carbocycles. The van der Waals surface area contributed by atoms with Crippen molar-refractivity contribution >= 4 is 27.9 Å². The summed E-state index contributed by atoms with van der Waals surface area (Å²) >= 11 is 3.34. The number of halogens is 1. The van der Waals surface area contributed by atoms with Gasteiger partial charge in [-0.05, 0) is 36.6 Å². The number of ether oxygens (including phenoxy) is 1. The molecule has 1 aromatic rings. The predicted molar refractivity (Wildman–Crippen MR) is 70.4 cm³/mol. The molecule has 0 aliphatic heterocycles. The fourth-order valence-corrected chi connectivity index (χ4v) is 2.02. The molecule has 5 heteroatoms. The first-order chi connectivity index (χ1) is 8.52. The van der Waals surface area contributed by atoms with Gasteiger partial charge in [0, 0.05) is 10.9 Å². The number of benzene rings is 1. The second-order valence-corrected chi connectivity index (χ2v) is 4.70. The van der Waals surface area contributed by atoms with Gasteiger partial charge in [0.15, 0.2) is 0 Å². The van der Waals surface area contributed by atoms with E-state index < -0.39 is 5.97 Å². The molecule has 1 aromatic carbocycles. The minimum Gasteiger partial charge on any atom is -0.481 e. The molecular weight excluding hydrogens is 300 g/mol. The summed E-state index contributed by atoms with van der Waals surface area (Å²) in [5.41, 5.74) is 1.68. The average molecular weight is 315 g/mol. The largest absolute Gasteiger partial charge is 0.481 e. The summed E-state index contributed by atoms with van der Waals surface area (Å²) in [6, 6.07) is 5.49. The van der Waals surface area contributed by atoms with E-state index in [0.717, 1.165) is 15.6 Å². The summed E-state index contributed by atoms with van der Waals surface area (Å²) in [6.45, 7) is 2.10. The quantitative estimate of drug-likeness (QED) is 0.820. The number of carbonyl (C=O) groups is 2.